The molecule has 2 atom stereocenters. The standard InChI is InChI=1S/C14H22BrNO2S2/c1-3-7-16-13(14-11(15)9-10(2)19-14)12-6-4-5-8-20(12,17)18/h9,12-13,16H,3-8H2,1-2H3. The van der Waals surface area contributed by atoms with Gasteiger partial charge in [-0.1, -0.05) is 13.3 Å². The predicted molar refractivity (Wildman–Crippen MR) is 89.2 cm³/mol. The summed E-state index contributed by atoms with van der Waals surface area (Å²) in [5, 5.41) is 3.19. The fraction of sp³-hybridized carbons (Fsp3) is 0.714. The maximum Gasteiger partial charge on any atom is 0.155 e. The largest absolute Gasteiger partial charge is 0.308 e. The van der Waals surface area contributed by atoms with Crippen LogP contribution in [0, 0.1) is 6.92 Å². The molecule has 6 heteroatoms. The van der Waals surface area contributed by atoms with Gasteiger partial charge < -0.3 is 5.32 Å². The van der Waals surface area contributed by atoms with Gasteiger partial charge in [-0.2, -0.15) is 0 Å². The van der Waals surface area contributed by atoms with Gasteiger partial charge in [0.1, 0.15) is 0 Å². The van der Waals surface area contributed by atoms with Crippen LogP contribution in [0.15, 0.2) is 10.5 Å². The highest BCUT2D eigenvalue weighted by Gasteiger charge is 2.37. The predicted octanol–water partition coefficient (Wildman–Crippen LogP) is 3.83. The third-order valence-electron chi connectivity index (χ3n) is 3.73. The lowest BCUT2D eigenvalue weighted by Crippen LogP contribution is -2.40. The van der Waals surface area contributed by atoms with Crippen molar-refractivity contribution in [1.82, 2.24) is 5.32 Å². The van der Waals surface area contributed by atoms with Crippen LogP contribution in [-0.4, -0.2) is 26.0 Å². The molecule has 2 rings (SSSR count). The fourth-order valence-corrected chi connectivity index (χ4v) is 6.97. The summed E-state index contributed by atoms with van der Waals surface area (Å²) in [5.74, 6) is 0.337. The highest BCUT2D eigenvalue weighted by atomic mass is 79.9. The first kappa shape index (κ1) is 16.5. The highest BCUT2D eigenvalue weighted by Crippen LogP contribution is 2.38. The summed E-state index contributed by atoms with van der Waals surface area (Å²) in [6, 6.07) is 2.00. The van der Waals surface area contributed by atoms with Crippen LogP contribution in [0.3, 0.4) is 0 Å². The summed E-state index contributed by atoms with van der Waals surface area (Å²) < 4.78 is 25.9. The molecule has 2 unspecified atom stereocenters. The van der Waals surface area contributed by atoms with E-state index in [1.54, 1.807) is 11.3 Å². The Kier molecular flexibility index (Phi) is 5.68. The van der Waals surface area contributed by atoms with Crippen LogP contribution in [0.1, 0.15) is 48.4 Å². The van der Waals surface area contributed by atoms with Crippen molar-refractivity contribution in [2.45, 2.75) is 50.8 Å². The molecule has 0 saturated carbocycles. The first-order valence-electron chi connectivity index (χ1n) is 7.16. The summed E-state index contributed by atoms with van der Waals surface area (Å²) in [4.78, 5) is 2.34. The van der Waals surface area contributed by atoms with E-state index < -0.39 is 9.84 Å². The fourth-order valence-electron chi connectivity index (χ4n) is 2.76. The molecule has 0 spiro atoms. The van der Waals surface area contributed by atoms with Crippen LogP contribution in [0.4, 0.5) is 0 Å². The van der Waals surface area contributed by atoms with Crippen LogP contribution >= 0.6 is 27.3 Å². The number of hydrogen-bond acceptors (Lipinski definition) is 4. The minimum absolute atomic E-state index is 0.0756. The lowest BCUT2D eigenvalue weighted by molar-refractivity contribution is 0.450. The van der Waals surface area contributed by atoms with Crippen molar-refractivity contribution < 1.29 is 8.42 Å². The van der Waals surface area contributed by atoms with E-state index in [0.717, 1.165) is 41.6 Å². The van der Waals surface area contributed by atoms with Gasteiger partial charge in [0.2, 0.25) is 0 Å². The Balaban J connectivity index is 2.34. The van der Waals surface area contributed by atoms with Gasteiger partial charge in [0.25, 0.3) is 0 Å². The molecule has 0 amide bonds. The van der Waals surface area contributed by atoms with Crippen LogP contribution in [0.2, 0.25) is 0 Å². The smallest absolute Gasteiger partial charge is 0.155 e. The SMILES string of the molecule is CCCNC(c1sc(C)cc1Br)C1CCCCS1(=O)=O. The molecule has 0 radical (unpaired) electrons. The van der Waals surface area contributed by atoms with Crippen molar-refractivity contribution in [3.05, 3.63) is 20.3 Å². The Morgan fingerprint density at radius 1 is 1.50 bits per heavy atom. The minimum atomic E-state index is -2.99. The van der Waals surface area contributed by atoms with Gasteiger partial charge in [0.05, 0.1) is 17.0 Å². The molecular weight excluding hydrogens is 358 g/mol. The highest BCUT2D eigenvalue weighted by molar-refractivity contribution is 9.10. The first-order valence-corrected chi connectivity index (χ1v) is 10.5. The maximum absolute atomic E-state index is 12.4. The van der Waals surface area contributed by atoms with E-state index >= 15 is 0 Å². The second-order valence-electron chi connectivity index (χ2n) is 5.40. The molecule has 114 valence electrons. The Hall–Kier alpha value is 0.0900. The van der Waals surface area contributed by atoms with Crippen molar-refractivity contribution in [3.63, 3.8) is 0 Å². The number of thiophene rings is 1. The molecule has 3 nitrogen and oxygen atoms in total. The van der Waals surface area contributed by atoms with Gasteiger partial charge in [0.15, 0.2) is 9.84 Å². The molecule has 20 heavy (non-hydrogen) atoms. The average Bonchev–Trinajstić information content (AvgIpc) is 2.70. The maximum atomic E-state index is 12.4. The van der Waals surface area contributed by atoms with Gasteiger partial charge >= 0.3 is 0 Å². The summed E-state index contributed by atoms with van der Waals surface area (Å²) in [7, 11) is -2.99. The van der Waals surface area contributed by atoms with Gasteiger partial charge in [-0.25, -0.2) is 8.42 Å². The van der Waals surface area contributed by atoms with E-state index in [4.69, 9.17) is 0 Å². The zero-order valence-electron chi connectivity index (χ0n) is 12.0. The Morgan fingerprint density at radius 3 is 2.80 bits per heavy atom. The van der Waals surface area contributed by atoms with Crippen molar-refractivity contribution in [1.29, 1.82) is 0 Å². The quantitative estimate of drug-likeness (QED) is 0.845. The number of halogens is 1. The van der Waals surface area contributed by atoms with E-state index in [9.17, 15) is 8.42 Å². The van der Waals surface area contributed by atoms with Gasteiger partial charge in [-0.05, 0) is 54.7 Å². The molecule has 1 aromatic rings. The van der Waals surface area contributed by atoms with E-state index in [2.05, 4.69) is 41.2 Å². The Morgan fingerprint density at radius 2 is 2.25 bits per heavy atom. The zero-order valence-corrected chi connectivity index (χ0v) is 15.2. The minimum Gasteiger partial charge on any atom is -0.308 e. The molecule has 2 heterocycles. The second kappa shape index (κ2) is 6.90. The van der Waals surface area contributed by atoms with Crippen LogP contribution < -0.4 is 5.32 Å². The third kappa shape index (κ3) is 3.64. The molecular formula is C14H22BrNO2S2. The van der Waals surface area contributed by atoms with Gasteiger partial charge in [-0.15, -0.1) is 11.3 Å². The zero-order chi connectivity index (χ0) is 14.8. The molecule has 0 aliphatic carbocycles. The Bertz CT molecular complexity index is 554. The molecule has 1 saturated heterocycles. The van der Waals surface area contributed by atoms with E-state index in [0.29, 0.717) is 5.75 Å². The van der Waals surface area contributed by atoms with Crippen LogP contribution in [-0.2, 0) is 9.84 Å². The van der Waals surface area contributed by atoms with Gasteiger partial charge in [0, 0.05) is 14.2 Å². The third-order valence-corrected chi connectivity index (χ3v) is 8.07. The molecule has 0 bridgehead atoms. The topological polar surface area (TPSA) is 46.2 Å². The van der Waals surface area contributed by atoms with Crippen molar-refractivity contribution in [2.24, 2.45) is 0 Å². The monoisotopic (exact) mass is 379 g/mol. The Labute approximate surface area is 134 Å². The number of aryl methyl sites for hydroxylation is 1. The number of rotatable bonds is 5. The molecule has 1 aromatic heterocycles. The van der Waals surface area contributed by atoms with Crippen molar-refractivity contribution >= 4 is 37.1 Å². The summed E-state index contributed by atoms with van der Waals surface area (Å²) >= 11 is 5.28. The number of nitrogens with one attached hydrogen (secondary N) is 1. The lowest BCUT2D eigenvalue weighted by atomic mass is 10.1. The van der Waals surface area contributed by atoms with E-state index in [-0.39, 0.29) is 11.3 Å². The molecule has 0 aromatic carbocycles. The van der Waals surface area contributed by atoms with Crippen molar-refractivity contribution in [2.75, 3.05) is 12.3 Å². The number of sulfone groups is 1. The molecule has 1 N–H and O–H groups in total. The number of hydrogen-bond donors (Lipinski definition) is 1. The van der Waals surface area contributed by atoms with Gasteiger partial charge in [-0.3, -0.25) is 0 Å². The van der Waals surface area contributed by atoms with Crippen LogP contribution in [0.5, 0.6) is 0 Å². The lowest BCUT2D eigenvalue weighted by Gasteiger charge is -2.30. The first-order chi connectivity index (χ1) is 9.45. The van der Waals surface area contributed by atoms with Crippen molar-refractivity contribution in [3.8, 4) is 0 Å². The van der Waals surface area contributed by atoms with E-state index in [1.807, 2.05) is 0 Å². The summed E-state index contributed by atoms with van der Waals surface area (Å²) in [6.07, 6.45) is 3.60. The molecule has 1 aliphatic heterocycles. The molecule has 1 fully saturated rings. The summed E-state index contributed by atoms with van der Waals surface area (Å²) in [5.41, 5.74) is 0. The van der Waals surface area contributed by atoms with Crippen LogP contribution in [0.25, 0.3) is 0 Å². The second-order valence-corrected chi connectivity index (χ2v) is 9.88. The van der Waals surface area contributed by atoms with E-state index in [1.165, 1.54) is 4.88 Å². The average molecular weight is 380 g/mol. The molecule has 1 aliphatic rings. The normalized spacial score (nSPS) is 23.6. The summed E-state index contributed by atoms with van der Waals surface area (Å²) in [6.45, 7) is 5.01.